The van der Waals surface area contributed by atoms with Crippen LogP contribution in [-0.4, -0.2) is 10.5 Å². The molecule has 5 heteroatoms. The average molecular weight is 375 g/mol. The number of aromatic nitrogens is 1. The number of halogens is 2. The predicted molar refractivity (Wildman–Crippen MR) is 92.5 cm³/mol. The topological polar surface area (TPSA) is 34.0 Å². The molecule has 0 unspecified atom stereocenters. The second kappa shape index (κ2) is 6.96. The molecule has 0 aliphatic carbocycles. The lowest BCUT2D eigenvalue weighted by Gasteiger charge is -2.09. The number of hydrogen-bond acceptors (Lipinski definition) is 1. The summed E-state index contributed by atoms with van der Waals surface area (Å²) in [6.45, 7) is 0.924. The van der Waals surface area contributed by atoms with Crippen LogP contribution in [0.15, 0.2) is 59.2 Å². The highest BCUT2D eigenvalue weighted by Crippen LogP contribution is 2.18. The largest absolute Gasteiger partial charge is 0.352 e. The predicted octanol–water partition coefficient (Wildman–Crippen LogP) is 4.25. The van der Waals surface area contributed by atoms with Crippen LogP contribution in [0, 0.1) is 5.82 Å². The van der Waals surface area contributed by atoms with Gasteiger partial charge >= 0.3 is 0 Å². The molecule has 1 N–H and O–H groups in total. The molecule has 3 rings (SSSR count). The lowest BCUT2D eigenvalue weighted by atomic mass is 10.2. The number of amides is 1. The fourth-order valence-corrected chi connectivity index (χ4v) is 2.91. The zero-order chi connectivity index (χ0) is 16.2. The van der Waals surface area contributed by atoms with Gasteiger partial charge in [-0.3, -0.25) is 4.79 Å². The van der Waals surface area contributed by atoms with Gasteiger partial charge in [-0.2, -0.15) is 0 Å². The van der Waals surface area contributed by atoms with Gasteiger partial charge in [0.1, 0.15) is 5.82 Å². The molecule has 3 aromatic rings. The quantitative estimate of drug-likeness (QED) is 0.711. The third-order valence-electron chi connectivity index (χ3n) is 3.74. The molecule has 0 saturated carbocycles. The first-order valence-corrected chi connectivity index (χ1v) is 8.17. The summed E-state index contributed by atoms with van der Waals surface area (Å²) < 4.78 is 16.1. The first-order valence-electron chi connectivity index (χ1n) is 7.38. The number of nitrogens with zero attached hydrogens (tertiary/aromatic N) is 1. The Balaban J connectivity index is 1.56. The van der Waals surface area contributed by atoms with Crippen molar-refractivity contribution >= 4 is 32.7 Å². The minimum Gasteiger partial charge on any atom is -0.352 e. The van der Waals surface area contributed by atoms with E-state index in [0.29, 0.717) is 19.5 Å². The van der Waals surface area contributed by atoms with Gasteiger partial charge < -0.3 is 9.88 Å². The number of para-hydroxylation sites is 1. The molecule has 2 aromatic carbocycles. The van der Waals surface area contributed by atoms with Gasteiger partial charge in [-0.05, 0) is 41.3 Å². The van der Waals surface area contributed by atoms with E-state index in [-0.39, 0.29) is 11.7 Å². The first-order chi connectivity index (χ1) is 11.1. The van der Waals surface area contributed by atoms with Crippen molar-refractivity contribution in [1.82, 2.24) is 9.88 Å². The third kappa shape index (κ3) is 3.79. The minimum absolute atomic E-state index is 0.0565. The summed E-state index contributed by atoms with van der Waals surface area (Å²) in [5, 5.41) is 3.99. The van der Waals surface area contributed by atoms with Crippen molar-refractivity contribution in [2.75, 3.05) is 0 Å². The number of benzene rings is 2. The van der Waals surface area contributed by atoms with Crippen molar-refractivity contribution in [2.24, 2.45) is 0 Å². The second-order valence-corrected chi connectivity index (χ2v) is 6.18. The van der Waals surface area contributed by atoms with Crippen molar-refractivity contribution in [3.05, 3.63) is 70.6 Å². The molecule has 3 nitrogen and oxygen atoms in total. The van der Waals surface area contributed by atoms with Gasteiger partial charge in [0, 0.05) is 35.7 Å². The van der Waals surface area contributed by atoms with Crippen molar-refractivity contribution in [3.8, 4) is 0 Å². The Morgan fingerprint density at radius 3 is 2.87 bits per heavy atom. The third-order valence-corrected chi connectivity index (χ3v) is 4.52. The maximum Gasteiger partial charge on any atom is 0.222 e. The Morgan fingerprint density at radius 2 is 2.00 bits per heavy atom. The van der Waals surface area contributed by atoms with E-state index in [4.69, 9.17) is 0 Å². The normalized spacial score (nSPS) is 10.9. The number of rotatable bonds is 5. The maximum absolute atomic E-state index is 13.2. The fraction of sp³-hybridized carbons (Fsp3) is 0.167. The molecule has 1 heterocycles. The Kier molecular flexibility index (Phi) is 4.76. The molecule has 0 aliphatic rings. The van der Waals surface area contributed by atoms with Gasteiger partial charge in [0.2, 0.25) is 5.91 Å². The van der Waals surface area contributed by atoms with E-state index in [0.717, 1.165) is 20.9 Å². The lowest BCUT2D eigenvalue weighted by Crippen LogP contribution is -2.24. The van der Waals surface area contributed by atoms with Gasteiger partial charge in [0.05, 0.1) is 0 Å². The highest BCUT2D eigenvalue weighted by molar-refractivity contribution is 9.10. The standard InChI is InChI=1S/C18H16BrFN2O/c19-16-6-5-15(20)11-14(16)12-21-18(23)8-10-22-9-7-13-3-1-2-4-17(13)22/h1-7,9,11H,8,10,12H2,(H,21,23). The Labute approximate surface area is 142 Å². The number of carbonyl (C=O) groups excluding carboxylic acids is 1. The summed E-state index contributed by atoms with van der Waals surface area (Å²) in [5.41, 5.74) is 1.85. The molecule has 0 bridgehead atoms. The van der Waals surface area contributed by atoms with Crippen molar-refractivity contribution < 1.29 is 9.18 Å². The summed E-state index contributed by atoms with van der Waals surface area (Å²) in [6, 6.07) is 14.6. The maximum atomic E-state index is 13.2. The van der Waals surface area contributed by atoms with Gasteiger partial charge in [0.25, 0.3) is 0 Å². The summed E-state index contributed by atoms with van der Waals surface area (Å²) in [5.74, 6) is -0.366. The van der Waals surface area contributed by atoms with Crippen LogP contribution in [0.3, 0.4) is 0 Å². The molecule has 1 amide bonds. The fourth-order valence-electron chi connectivity index (χ4n) is 2.52. The van der Waals surface area contributed by atoms with Crippen molar-refractivity contribution in [3.63, 3.8) is 0 Å². The van der Waals surface area contributed by atoms with E-state index < -0.39 is 0 Å². The molecule has 0 aliphatic heterocycles. The van der Waals surface area contributed by atoms with Crippen LogP contribution in [0.4, 0.5) is 4.39 Å². The monoisotopic (exact) mass is 374 g/mol. The van der Waals surface area contributed by atoms with Crippen molar-refractivity contribution in [1.29, 1.82) is 0 Å². The van der Waals surface area contributed by atoms with Gasteiger partial charge in [-0.15, -0.1) is 0 Å². The highest BCUT2D eigenvalue weighted by atomic mass is 79.9. The molecule has 0 atom stereocenters. The molecule has 1 aromatic heterocycles. The van der Waals surface area contributed by atoms with E-state index in [9.17, 15) is 9.18 Å². The molecule has 0 saturated heterocycles. The van der Waals surface area contributed by atoms with Crippen LogP contribution < -0.4 is 5.32 Å². The van der Waals surface area contributed by atoms with E-state index in [2.05, 4.69) is 25.8 Å². The highest BCUT2D eigenvalue weighted by Gasteiger charge is 2.07. The van der Waals surface area contributed by atoms with E-state index >= 15 is 0 Å². The molecule has 118 valence electrons. The number of fused-ring (bicyclic) bond motifs is 1. The lowest BCUT2D eigenvalue weighted by molar-refractivity contribution is -0.121. The summed E-state index contributed by atoms with van der Waals surface area (Å²) in [7, 11) is 0. The van der Waals surface area contributed by atoms with Crippen LogP contribution in [0.2, 0.25) is 0 Å². The summed E-state index contributed by atoms with van der Waals surface area (Å²) >= 11 is 3.36. The number of nitrogens with one attached hydrogen (secondary N) is 1. The number of carbonyl (C=O) groups is 1. The van der Waals surface area contributed by atoms with Crippen LogP contribution in [0.25, 0.3) is 10.9 Å². The van der Waals surface area contributed by atoms with Gasteiger partial charge in [-0.1, -0.05) is 34.1 Å². The van der Waals surface area contributed by atoms with E-state index in [1.54, 1.807) is 6.07 Å². The molecule has 23 heavy (non-hydrogen) atoms. The van der Waals surface area contributed by atoms with E-state index in [1.807, 2.05) is 36.5 Å². The van der Waals surface area contributed by atoms with Crippen LogP contribution >= 0.6 is 15.9 Å². The Hall–Kier alpha value is -2.14. The van der Waals surface area contributed by atoms with Crippen LogP contribution in [0.1, 0.15) is 12.0 Å². The molecule has 0 radical (unpaired) electrons. The van der Waals surface area contributed by atoms with Gasteiger partial charge in [-0.25, -0.2) is 4.39 Å². The molecule has 0 fully saturated rings. The second-order valence-electron chi connectivity index (χ2n) is 5.33. The minimum atomic E-state index is -0.309. The molecular formula is C18H16BrFN2O. The smallest absolute Gasteiger partial charge is 0.222 e. The SMILES string of the molecule is O=C(CCn1ccc2ccccc21)NCc1cc(F)ccc1Br. The summed E-state index contributed by atoms with van der Waals surface area (Å²) in [4.78, 5) is 12.0. The average Bonchev–Trinajstić information content (AvgIpc) is 2.97. The van der Waals surface area contributed by atoms with Crippen LogP contribution in [0.5, 0.6) is 0 Å². The zero-order valence-corrected chi connectivity index (χ0v) is 14.0. The molecule has 0 spiro atoms. The van der Waals surface area contributed by atoms with Gasteiger partial charge in [0.15, 0.2) is 0 Å². The molecular weight excluding hydrogens is 359 g/mol. The van der Waals surface area contributed by atoms with Crippen LogP contribution in [-0.2, 0) is 17.9 Å². The first kappa shape index (κ1) is 15.7. The Morgan fingerprint density at radius 1 is 1.17 bits per heavy atom. The number of hydrogen-bond donors (Lipinski definition) is 1. The van der Waals surface area contributed by atoms with Crippen molar-refractivity contribution in [2.45, 2.75) is 19.5 Å². The summed E-state index contributed by atoms with van der Waals surface area (Å²) in [6.07, 6.45) is 2.37. The zero-order valence-electron chi connectivity index (χ0n) is 12.4. The Bertz CT molecular complexity index is 844. The van der Waals surface area contributed by atoms with E-state index in [1.165, 1.54) is 12.1 Å². The number of aryl methyl sites for hydroxylation is 1.